The van der Waals surface area contributed by atoms with Crippen LogP contribution in [0.3, 0.4) is 0 Å². The van der Waals surface area contributed by atoms with Crippen molar-refractivity contribution in [3.05, 3.63) is 77.8 Å². The molecule has 3 N–H and O–H groups in total. The van der Waals surface area contributed by atoms with Crippen LogP contribution in [0.5, 0.6) is 0 Å². The number of benzene rings is 1. The molecule has 1 amide bonds. The van der Waals surface area contributed by atoms with E-state index in [2.05, 4.69) is 15.2 Å². The number of primary amides is 1. The van der Waals surface area contributed by atoms with E-state index in [0.717, 1.165) is 38.6 Å². The Kier molecular flexibility index (Phi) is 3.99. The lowest BCUT2D eigenvalue weighted by Gasteiger charge is -2.06. The molecule has 8 heteroatoms. The number of aromatic amines is 1. The fraction of sp³-hybridized carbons (Fsp3) is 0. The topological polar surface area (TPSA) is 89.1 Å². The highest BCUT2D eigenvalue weighted by Crippen LogP contribution is 2.33. The van der Waals surface area contributed by atoms with E-state index < -0.39 is 5.91 Å². The molecule has 0 atom stereocenters. The molecule has 0 spiro atoms. The Morgan fingerprint density at radius 3 is 2.59 bits per heavy atom. The molecule has 1 aromatic carbocycles. The standard InChI is InChI=1S/C21H14FN5OS/c22-14-4-1-12(2-5-14)20-15(9-25-26-20)13-3-8-19-24-10-16(27(19)11-13)17-6-7-18(29-17)21(23)28/h1-11H,(H2,23,28)(H,25,26). The minimum absolute atomic E-state index is 0.287. The van der Waals surface area contributed by atoms with Crippen molar-refractivity contribution in [2.75, 3.05) is 0 Å². The van der Waals surface area contributed by atoms with E-state index in [0.29, 0.717) is 4.88 Å². The third kappa shape index (κ3) is 2.99. The lowest BCUT2D eigenvalue weighted by atomic mass is 10.0. The fourth-order valence-electron chi connectivity index (χ4n) is 3.27. The highest BCUT2D eigenvalue weighted by molar-refractivity contribution is 7.17. The van der Waals surface area contributed by atoms with Crippen LogP contribution in [-0.4, -0.2) is 25.5 Å². The van der Waals surface area contributed by atoms with Crippen molar-refractivity contribution in [2.45, 2.75) is 0 Å². The Hall–Kier alpha value is -3.78. The highest BCUT2D eigenvalue weighted by atomic mass is 32.1. The molecule has 142 valence electrons. The average molecular weight is 403 g/mol. The number of hydrogen-bond acceptors (Lipinski definition) is 4. The largest absolute Gasteiger partial charge is 0.365 e. The predicted octanol–water partition coefficient (Wildman–Crippen LogP) is 4.36. The van der Waals surface area contributed by atoms with Crippen LogP contribution in [0.2, 0.25) is 0 Å². The number of amides is 1. The smallest absolute Gasteiger partial charge is 0.258 e. The zero-order chi connectivity index (χ0) is 20.0. The van der Waals surface area contributed by atoms with Crippen molar-refractivity contribution < 1.29 is 9.18 Å². The fourth-order valence-corrected chi connectivity index (χ4v) is 4.14. The Labute approximate surface area is 168 Å². The first-order valence-corrected chi connectivity index (χ1v) is 9.58. The second-order valence-electron chi connectivity index (χ2n) is 6.48. The number of carbonyl (C=O) groups excluding carboxylic acids is 1. The minimum Gasteiger partial charge on any atom is -0.365 e. The summed E-state index contributed by atoms with van der Waals surface area (Å²) in [6.07, 6.45) is 5.48. The monoisotopic (exact) mass is 403 g/mol. The molecule has 4 aromatic heterocycles. The minimum atomic E-state index is -0.446. The van der Waals surface area contributed by atoms with Crippen molar-refractivity contribution in [2.24, 2.45) is 5.73 Å². The number of nitrogens with zero attached hydrogens (tertiary/aromatic N) is 3. The Morgan fingerprint density at radius 1 is 1.03 bits per heavy atom. The molecule has 0 fully saturated rings. The molecule has 0 saturated heterocycles. The molecule has 6 nitrogen and oxygen atoms in total. The van der Waals surface area contributed by atoms with Crippen molar-refractivity contribution in [3.63, 3.8) is 0 Å². The van der Waals surface area contributed by atoms with Crippen LogP contribution >= 0.6 is 11.3 Å². The number of halogens is 1. The summed E-state index contributed by atoms with van der Waals surface area (Å²) in [7, 11) is 0. The second kappa shape index (κ2) is 6.68. The molecular formula is C21H14FN5OS. The third-order valence-corrected chi connectivity index (χ3v) is 5.81. The van der Waals surface area contributed by atoms with Crippen molar-refractivity contribution in [1.29, 1.82) is 0 Å². The van der Waals surface area contributed by atoms with E-state index in [4.69, 9.17) is 5.73 Å². The zero-order valence-corrected chi connectivity index (χ0v) is 15.8. The van der Waals surface area contributed by atoms with Gasteiger partial charge in [0.25, 0.3) is 5.91 Å². The van der Waals surface area contributed by atoms with Gasteiger partial charge in [-0.3, -0.25) is 14.3 Å². The van der Waals surface area contributed by atoms with Gasteiger partial charge in [0.05, 0.1) is 33.5 Å². The number of carbonyl (C=O) groups is 1. The highest BCUT2D eigenvalue weighted by Gasteiger charge is 2.14. The summed E-state index contributed by atoms with van der Waals surface area (Å²) in [6.45, 7) is 0. The van der Waals surface area contributed by atoms with Crippen molar-refractivity contribution >= 4 is 22.9 Å². The molecule has 0 unspecified atom stereocenters. The van der Waals surface area contributed by atoms with Gasteiger partial charge in [0.2, 0.25) is 0 Å². The number of aromatic nitrogens is 4. The Bertz CT molecular complexity index is 1350. The summed E-state index contributed by atoms with van der Waals surface area (Å²) in [6, 6.07) is 13.7. The number of hydrogen-bond donors (Lipinski definition) is 2. The summed E-state index contributed by atoms with van der Waals surface area (Å²) < 4.78 is 15.2. The summed E-state index contributed by atoms with van der Waals surface area (Å²) in [5, 5.41) is 7.17. The van der Waals surface area contributed by atoms with E-state index in [-0.39, 0.29) is 5.82 Å². The van der Waals surface area contributed by atoms with E-state index in [1.54, 1.807) is 30.6 Å². The van der Waals surface area contributed by atoms with Gasteiger partial charge in [-0.1, -0.05) is 0 Å². The Balaban J connectivity index is 1.62. The van der Waals surface area contributed by atoms with Gasteiger partial charge in [-0.25, -0.2) is 9.37 Å². The summed E-state index contributed by atoms with van der Waals surface area (Å²) in [5.41, 5.74) is 10.5. The van der Waals surface area contributed by atoms with Crippen LogP contribution in [0.4, 0.5) is 4.39 Å². The van der Waals surface area contributed by atoms with Crippen LogP contribution in [0.1, 0.15) is 9.67 Å². The Morgan fingerprint density at radius 2 is 1.83 bits per heavy atom. The normalized spacial score (nSPS) is 11.2. The molecule has 5 rings (SSSR count). The zero-order valence-electron chi connectivity index (χ0n) is 15.0. The number of nitrogens with two attached hydrogens (primary N) is 1. The maximum Gasteiger partial charge on any atom is 0.258 e. The number of imidazole rings is 1. The summed E-state index contributed by atoms with van der Waals surface area (Å²) in [4.78, 5) is 17.3. The van der Waals surface area contributed by atoms with Gasteiger partial charge in [-0.2, -0.15) is 5.10 Å². The van der Waals surface area contributed by atoms with E-state index in [9.17, 15) is 9.18 Å². The number of H-pyrrole nitrogens is 1. The van der Waals surface area contributed by atoms with E-state index in [1.807, 2.05) is 28.8 Å². The van der Waals surface area contributed by atoms with Gasteiger partial charge in [-0.15, -0.1) is 11.3 Å². The lowest BCUT2D eigenvalue weighted by molar-refractivity contribution is 0.100. The van der Waals surface area contributed by atoms with Crippen molar-refractivity contribution in [3.8, 4) is 33.0 Å². The van der Waals surface area contributed by atoms with Crippen LogP contribution in [0, 0.1) is 5.82 Å². The number of pyridine rings is 1. The van der Waals surface area contributed by atoms with Gasteiger partial charge in [0.1, 0.15) is 11.5 Å². The summed E-state index contributed by atoms with van der Waals surface area (Å²) >= 11 is 1.33. The van der Waals surface area contributed by atoms with Crippen LogP contribution in [-0.2, 0) is 0 Å². The lowest BCUT2D eigenvalue weighted by Crippen LogP contribution is -2.07. The predicted molar refractivity (Wildman–Crippen MR) is 110 cm³/mol. The van der Waals surface area contributed by atoms with Crippen LogP contribution in [0.25, 0.3) is 38.6 Å². The van der Waals surface area contributed by atoms with Crippen molar-refractivity contribution in [1.82, 2.24) is 19.6 Å². The average Bonchev–Trinajstić information content (AvgIpc) is 3.46. The SMILES string of the molecule is NC(=O)c1ccc(-c2cnc3ccc(-c4cn[nH]c4-c4ccc(F)cc4)cn23)s1. The van der Waals surface area contributed by atoms with E-state index >= 15 is 0 Å². The first-order chi connectivity index (χ1) is 14.1. The first kappa shape index (κ1) is 17.3. The van der Waals surface area contributed by atoms with Crippen LogP contribution in [0.15, 0.2) is 67.1 Å². The third-order valence-electron chi connectivity index (χ3n) is 4.69. The molecule has 0 aliphatic rings. The molecule has 0 bridgehead atoms. The van der Waals surface area contributed by atoms with Gasteiger partial charge in [0.15, 0.2) is 0 Å². The maximum atomic E-state index is 13.3. The number of thiophene rings is 1. The summed E-state index contributed by atoms with van der Waals surface area (Å²) in [5.74, 6) is -0.733. The van der Waals surface area contributed by atoms with Gasteiger partial charge < -0.3 is 5.73 Å². The second-order valence-corrected chi connectivity index (χ2v) is 7.57. The van der Waals surface area contributed by atoms with E-state index in [1.165, 1.54) is 23.5 Å². The molecule has 29 heavy (non-hydrogen) atoms. The maximum absolute atomic E-state index is 13.3. The van der Waals surface area contributed by atoms with Gasteiger partial charge >= 0.3 is 0 Å². The van der Waals surface area contributed by atoms with Gasteiger partial charge in [0, 0.05) is 22.9 Å². The molecule has 0 saturated carbocycles. The molecule has 4 heterocycles. The molecular weight excluding hydrogens is 389 g/mol. The molecule has 0 aliphatic heterocycles. The number of nitrogens with one attached hydrogen (secondary N) is 1. The number of rotatable bonds is 4. The first-order valence-electron chi connectivity index (χ1n) is 8.77. The van der Waals surface area contributed by atoms with Gasteiger partial charge in [-0.05, 0) is 48.5 Å². The molecule has 5 aromatic rings. The molecule has 0 aliphatic carbocycles. The molecule has 0 radical (unpaired) electrons. The quantitative estimate of drug-likeness (QED) is 0.467. The van der Waals surface area contributed by atoms with Crippen LogP contribution < -0.4 is 5.73 Å². The number of fused-ring (bicyclic) bond motifs is 1.